The van der Waals surface area contributed by atoms with Gasteiger partial charge in [0.05, 0.1) is 10.6 Å². The van der Waals surface area contributed by atoms with Crippen LogP contribution in [-0.2, 0) is 20.4 Å². The fourth-order valence-electron chi connectivity index (χ4n) is 2.10. The van der Waals surface area contributed by atoms with E-state index in [1.807, 2.05) is 18.2 Å². The summed E-state index contributed by atoms with van der Waals surface area (Å²) in [6, 6.07) is 16.1. The molecule has 0 bridgehead atoms. The molecule has 0 aliphatic heterocycles. The molecule has 0 saturated heterocycles. The van der Waals surface area contributed by atoms with E-state index in [1.54, 1.807) is 11.8 Å². The molecule has 0 atom stereocenters. The lowest BCUT2D eigenvalue weighted by Gasteiger charge is -2.07. The molecule has 2 aromatic rings. The van der Waals surface area contributed by atoms with Crippen molar-refractivity contribution in [3.05, 3.63) is 65.2 Å². The van der Waals surface area contributed by atoms with Gasteiger partial charge in [0.2, 0.25) is 5.91 Å². The molecule has 2 rings (SSSR count). The largest absolute Gasteiger partial charge is 0.355 e. The molecule has 1 amide bonds. The van der Waals surface area contributed by atoms with Gasteiger partial charge in [0, 0.05) is 29.5 Å². The maximum atomic E-state index is 12.2. The molecule has 0 unspecified atom stereocenters. The van der Waals surface area contributed by atoms with Gasteiger partial charge in [-0.25, -0.2) is 8.42 Å². The summed E-state index contributed by atoms with van der Waals surface area (Å²) >= 11 is 7.48. The van der Waals surface area contributed by atoms with Gasteiger partial charge in [0.15, 0.2) is 9.84 Å². The average Bonchev–Trinajstić information content (AvgIpc) is 2.61. The third kappa shape index (κ3) is 7.10. The minimum absolute atomic E-state index is 0.0473. The van der Waals surface area contributed by atoms with E-state index in [2.05, 4.69) is 17.4 Å². The van der Waals surface area contributed by atoms with Gasteiger partial charge in [0.1, 0.15) is 0 Å². The first-order valence-corrected chi connectivity index (χ1v) is 11.0. The first kappa shape index (κ1) is 19.8. The SMILES string of the molecule is O=C(CCS(=O)(=O)c1ccc(Cl)cc1)NCCSCc1ccccc1. The first-order valence-electron chi connectivity index (χ1n) is 7.84. The third-order valence-corrected chi connectivity index (χ3v) is 6.46. The highest BCUT2D eigenvalue weighted by Crippen LogP contribution is 2.16. The molecule has 0 heterocycles. The van der Waals surface area contributed by atoms with Crippen molar-refractivity contribution in [3.8, 4) is 0 Å². The Bertz CT molecular complexity index is 778. The van der Waals surface area contributed by atoms with Crippen LogP contribution in [0.25, 0.3) is 0 Å². The van der Waals surface area contributed by atoms with Crippen molar-refractivity contribution in [2.24, 2.45) is 0 Å². The van der Waals surface area contributed by atoms with Gasteiger partial charge in [-0.3, -0.25) is 4.79 Å². The molecule has 0 aliphatic rings. The summed E-state index contributed by atoms with van der Waals surface area (Å²) < 4.78 is 24.3. The molecule has 0 saturated carbocycles. The minimum Gasteiger partial charge on any atom is -0.355 e. The zero-order chi connectivity index (χ0) is 18.1. The van der Waals surface area contributed by atoms with Crippen LogP contribution in [0.3, 0.4) is 0 Å². The van der Waals surface area contributed by atoms with Gasteiger partial charge in [-0.2, -0.15) is 11.8 Å². The first-order chi connectivity index (χ1) is 12.0. The second kappa shape index (κ2) is 9.85. The molecule has 134 valence electrons. The Labute approximate surface area is 157 Å². The van der Waals surface area contributed by atoms with E-state index in [4.69, 9.17) is 11.6 Å². The van der Waals surface area contributed by atoms with Crippen LogP contribution in [-0.4, -0.2) is 32.4 Å². The van der Waals surface area contributed by atoms with Crippen LogP contribution in [0, 0.1) is 0 Å². The summed E-state index contributed by atoms with van der Waals surface area (Å²) in [6.45, 7) is 0.525. The van der Waals surface area contributed by atoms with E-state index in [9.17, 15) is 13.2 Å². The smallest absolute Gasteiger partial charge is 0.221 e. The van der Waals surface area contributed by atoms with Crippen LogP contribution >= 0.6 is 23.4 Å². The highest BCUT2D eigenvalue weighted by atomic mass is 35.5. The van der Waals surface area contributed by atoms with Crippen LogP contribution in [0.4, 0.5) is 0 Å². The van der Waals surface area contributed by atoms with E-state index in [1.165, 1.54) is 29.8 Å². The third-order valence-electron chi connectivity index (χ3n) is 3.45. The van der Waals surface area contributed by atoms with E-state index >= 15 is 0 Å². The van der Waals surface area contributed by atoms with Crippen LogP contribution in [0.2, 0.25) is 5.02 Å². The zero-order valence-electron chi connectivity index (χ0n) is 13.7. The standard InChI is InChI=1S/C18H20ClNO3S2/c19-16-6-8-17(9-7-16)25(22,23)13-10-18(21)20-11-12-24-14-15-4-2-1-3-5-15/h1-9H,10-14H2,(H,20,21). The van der Waals surface area contributed by atoms with E-state index in [-0.39, 0.29) is 23.0 Å². The summed E-state index contributed by atoms with van der Waals surface area (Å²) in [5, 5.41) is 3.23. The predicted molar refractivity (Wildman–Crippen MR) is 104 cm³/mol. The zero-order valence-corrected chi connectivity index (χ0v) is 16.0. The summed E-state index contributed by atoms with van der Waals surface area (Å²) in [6.07, 6.45) is -0.0473. The number of benzene rings is 2. The fraction of sp³-hybridized carbons (Fsp3) is 0.278. The number of hydrogen-bond donors (Lipinski definition) is 1. The average molecular weight is 398 g/mol. The van der Waals surface area contributed by atoms with Gasteiger partial charge >= 0.3 is 0 Å². The number of rotatable bonds is 9. The van der Waals surface area contributed by atoms with Crippen molar-refractivity contribution >= 4 is 39.1 Å². The summed E-state index contributed by atoms with van der Waals surface area (Å²) in [7, 11) is -3.47. The van der Waals surface area contributed by atoms with Gasteiger partial charge in [-0.15, -0.1) is 0 Å². The molecule has 0 spiro atoms. The normalized spacial score (nSPS) is 11.2. The van der Waals surface area contributed by atoms with Crippen LogP contribution in [0.1, 0.15) is 12.0 Å². The summed E-state index contributed by atoms with van der Waals surface area (Å²) in [4.78, 5) is 12.0. The molecular weight excluding hydrogens is 378 g/mol. The Hall–Kier alpha value is -1.50. The van der Waals surface area contributed by atoms with Gasteiger partial charge in [-0.05, 0) is 29.8 Å². The monoisotopic (exact) mass is 397 g/mol. The van der Waals surface area contributed by atoms with Crippen molar-refractivity contribution in [3.63, 3.8) is 0 Å². The van der Waals surface area contributed by atoms with Crippen molar-refractivity contribution in [1.82, 2.24) is 5.32 Å². The maximum absolute atomic E-state index is 12.2. The van der Waals surface area contributed by atoms with Crippen LogP contribution in [0.5, 0.6) is 0 Å². The molecule has 0 radical (unpaired) electrons. The molecule has 0 aliphatic carbocycles. The van der Waals surface area contributed by atoms with E-state index < -0.39 is 9.84 Å². The highest BCUT2D eigenvalue weighted by molar-refractivity contribution is 7.98. The molecule has 25 heavy (non-hydrogen) atoms. The van der Waals surface area contributed by atoms with Gasteiger partial charge in [-0.1, -0.05) is 41.9 Å². The number of nitrogens with one attached hydrogen (secondary N) is 1. The topological polar surface area (TPSA) is 63.2 Å². The Morgan fingerprint density at radius 1 is 1.04 bits per heavy atom. The Kier molecular flexibility index (Phi) is 7.81. The molecule has 1 N–H and O–H groups in total. The number of amides is 1. The van der Waals surface area contributed by atoms with E-state index in [0.29, 0.717) is 11.6 Å². The van der Waals surface area contributed by atoms with Gasteiger partial charge in [0.25, 0.3) is 0 Å². The number of halogens is 1. The predicted octanol–water partition coefficient (Wildman–Crippen LogP) is 3.55. The molecule has 7 heteroatoms. The lowest BCUT2D eigenvalue weighted by atomic mass is 10.2. The molecule has 0 aromatic heterocycles. The van der Waals surface area contributed by atoms with Crippen molar-refractivity contribution in [2.45, 2.75) is 17.1 Å². The number of thioether (sulfide) groups is 1. The second-order valence-electron chi connectivity index (χ2n) is 5.41. The quantitative estimate of drug-likeness (QED) is 0.657. The molecule has 2 aromatic carbocycles. The van der Waals surface area contributed by atoms with Crippen LogP contribution < -0.4 is 5.32 Å². The Morgan fingerprint density at radius 3 is 2.40 bits per heavy atom. The van der Waals surface area contributed by atoms with Gasteiger partial charge < -0.3 is 5.32 Å². The minimum atomic E-state index is -3.47. The van der Waals surface area contributed by atoms with E-state index in [0.717, 1.165) is 11.5 Å². The second-order valence-corrected chi connectivity index (χ2v) is 9.06. The number of sulfone groups is 1. The lowest BCUT2D eigenvalue weighted by Crippen LogP contribution is -2.27. The number of carbonyl (C=O) groups is 1. The van der Waals surface area contributed by atoms with Crippen molar-refractivity contribution < 1.29 is 13.2 Å². The Balaban J connectivity index is 1.65. The summed E-state index contributed by atoms with van der Waals surface area (Å²) in [5.74, 6) is 1.21. The van der Waals surface area contributed by atoms with Crippen molar-refractivity contribution in [2.75, 3.05) is 18.1 Å². The molecule has 4 nitrogen and oxygen atoms in total. The summed E-state index contributed by atoms with van der Waals surface area (Å²) in [5.41, 5.74) is 1.24. The number of hydrogen-bond acceptors (Lipinski definition) is 4. The van der Waals surface area contributed by atoms with Crippen molar-refractivity contribution in [1.29, 1.82) is 0 Å². The molecular formula is C18H20ClNO3S2. The Morgan fingerprint density at radius 2 is 1.72 bits per heavy atom. The maximum Gasteiger partial charge on any atom is 0.221 e. The lowest BCUT2D eigenvalue weighted by molar-refractivity contribution is -0.120. The molecule has 0 fully saturated rings. The van der Waals surface area contributed by atoms with Crippen LogP contribution in [0.15, 0.2) is 59.5 Å². The number of carbonyl (C=O) groups excluding carboxylic acids is 1. The highest BCUT2D eigenvalue weighted by Gasteiger charge is 2.16. The fourth-order valence-corrected chi connectivity index (χ4v) is 4.29.